The first-order valence-corrected chi connectivity index (χ1v) is 7.74. The van der Waals surface area contributed by atoms with Crippen molar-refractivity contribution < 1.29 is 32.8 Å². The number of halogens is 2. The van der Waals surface area contributed by atoms with Crippen LogP contribution in [0.5, 0.6) is 0 Å². The molecule has 9 heteroatoms. The number of benzene rings is 2. The number of amides is 1. The zero-order valence-electron chi connectivity index (χ0n) is 13.5. The van der Waals surface area contributed by atoms with E-state index in [1.807, 2.05) is 0 Å². The Morgan fingerprint density at radius 1 is 1.19 bits per heavy atom. The van der Waals surface area contributed by atoms with Gasteiger partial charge in [-0.2, -0.15) is 0 Å². The molecule has 0 spiro atoms. The topological polar surface area (TPSA) is 84.9 Å². The van der Waals surface area contributed by atoms with Gasteiger partial charge in [0.1, 0.15) is 13.2 Å². The van der Waals surface area contributed by atoms with E-state index in [-0.39, 0.29) is 24.3 Å². The summed E-state index contributed by atoms with van der Waals surface area (Å²) in [7, 11) is -1.07. The van der Waals surface area contributed by atoms with E-state index in [2.05, 4.69) is 5.32 Å². The summed E-state index contributed by atoms with van der Waals surface area (Å²) in [4.78, 5) is 23.8. The zero-order chi connectivity index (χ0) is 18.7. The van der Waals surface area contributed by atoms with E-state index in [4.69, 9.17) is 9.39 Å². The normalized spacial score (nSPS) is 12.7. The first kappa shape index (κ1) is 18.0. The quantitative estimate of drug-likeness (QED) is 0.604. The molecule has 1 aliphatic heterocycles. The minimum absolute atomic E-state index is 0.242. The van der Waals surface area contributed by atoms with Crippen molar-refractivity contribution in [3.8, 4) is 0 Å². The highest BCUT2D eigenvalue weighted by molar-refractivity contribution is 6.61. The van der Waals surface area contributed by atoms with Gasteiger partial charge in [0.15, 0.2) is 11.6 Å². The molecule has 0 bridgehead atoms. The van der Waals surface area contributed by atoms with Crippen LogP contribution in [0.25, 0.3) is 0 Å². The monoisotopic (exact) mass is 361 g/mol. The van der Waals surface area contributed by atoms with Crippen LogP contribution in [-0.2, 0) is 27.4 Å². The van der Waals surface area contributed by atoms with Gasteiger partial charge < -0.3 is 19.7 Å². The fourth-order valence-corrected chi connectivity index (χ4v) is 2.45. The molecule has 134 valence electrons. The van der Waals surface area contributed by atoms with Crippen molar-refractivity contribution in [2.75, 3.05) is 6.54 Å². The van der Waals surface area contributed by atoms with Crippen LogP contribution < -0.4 is 10.8 Å². The van der Waals surface area contributed by atoms with Gasteiger partial charge in [-0.1, -0.05) is 12.1 Å². The molecule has 0 unspecified atom stereocenters. The number of carbonyl (C=O) groups excluding carboxylic acids is 2. The van der Waals surface area contributed by atoms with Crippen LogP contribution in [0.1, 0.15) is 21.5 Å². The first-order valence-electron chi connectivity index (χ1n) is 7.74. The second kappa shape index (κ2) is 7.63. The molecule has 2 aromatic rings. The Balaban J connectivity index is 1.50. The third-order valence-corrected chi connectivity index (χ3v) is 3.85. The lowest BCUT2D eigenvalue weighted by Crippen LogP contribution is -2.33. The van der Waals surface area contributed by atoms with E-state index < -0.39 is 37.2 Å². The molecular formula is C17H14BF2NO5. The summed E-state index contributed by atoms with van der Waals surface area (Å²) in [6.07, 6.45) is 0. The predicted molar refractivity (Wildman–Crippen MR) is 87.3 cm³/mol. The predicted octanol–water partition coefficient (Wildman–Crippen LogP) is 0.656. The standard InChI is InChI=1S/C17H14BF2NO5/c19-14-4-1-10(5-15(14)20)8-25-16(22)7-21-17(23)11-2-3-12-9-26-18(24)13(12)6-11/h1-6,24H,7-9H2,(H,21,23). The van der Waals surface area contributed by atoms with Gasteiger partial charge >= 0.3 is 13.1 Å². The molecule has 1 amide bonds. The van der Waals surface area contributed by atoms with Crippen LogP contribution in [0.3, 0.4) is 0 Å². The van der Waals surface area contributed by atoms with Crippen molar-refractivity contribution in [2.24, 2.45) is 0 Å². The highest BCUT2D eigenvalue weighted by Gasteiger charge is 2.28. The van der Waals surface area contributed by atoms with Crippen molar-refractivity contribution in [1.29, 1.82) is 0 Å². The molecule has 26 heavy (non-hydrogen) atoms. The molecule has 0 aliphatic carbocycles. The van der Waals surface area contributed by atoms with E-state index in [0.717, 1.165) is 17.7 Å². The minimum atomic E-state index is -1.07. The lowest BCUT2D eigenvalue weighted by molar-refractivity contribution is -0.143. The van der Waals surface area contributed by atoms with Crippen molar-refractivity contribution >= 4 is 24.5 Å². The molecule has 0 radical (unpaired) electrons. The van der Waals surface area contributed by atoms with Gasteiger partial charge in [-0.25, -0.2) is 8.78 Å². The summed E-state index contributed by atoms with van der Waals surface area (Å²) in [5.74, 6) is -3.27. The van der Waals surface area contributed by atoms with Crippen LogP contribution in [0.2, 0.25) is 0 Å². The SMILES string of the molecule is O=C(CNC(=O)c1ccc2c(c1)B(O)OC2)OCc1ccc(F)c(F)c1. The molecule has 6 nitrogen and oxygen atoms in total. The number of hydrogen-bond donors (Lipinski definition) is 2. The molecule has 0 saturated carbocycles. The molecule has 1 aliphatic rings. The second-order valence-corrected chi connectivity index (χ2v) is 5.67. The summed E-state index contributed by atoms with van der Waals surface area (Å²) < 4.78 is 35.8. The Morgan fingerprint density at radius 3 is 2.77 bits per heavy atom. The highest BCUT2D eigenvalue weighted by atomic mass is 19.2. The summed E-state index contributed by atoms with van der Waals surface area (Å²) in [6.45, 7) is -0.359. The third kappa shape index (κ3) is 4.06. The van der Waals surface area contributed by atoms with Gasteiger partial charge in [-0.3, -0.25) is 9.59 Å². The summed E-state index contributed by atoms with van der Waals surface area (Å²) in [6, 6.07) is 7.88. The van der Waals surface area contributed by atoms with E-state index in [1.165, 1.54) is 12.1 Å². The largest absolute Gasteiger partial charge is 0.491 e. The number of nitrogens with one attached hydrogen (secondary N) is 1. The number of esters is 1. The Bertz CT molecular complexity index is 861. The fourth-order valence-electron chi connectivity index (χ4n) is 2.45. The Hall–Kier alpha value is -2.78. The van der Waals surface area contributed by atoms with Gasteiger partial charge in [0.2, 0.25) is 0 Å². The number of fused-ring (bicyclic) bond motifs is 1. The molecule has 1 heterocycles. The fraction of sp³-hybridized carbons (Fsp3) is 0.176. The maximum absolute atomic E-state index is 13.1. The van der Waals surface area contributed by atoms with E-state index in [1.54, 1.807) is 12.1 Å². The Labute approximate surface area is 147 Å². The first-order chi connectivity index (χ1) is 12.4. The smallest absolute Gasteiger partial charge is 0.460 e. The third-order valence-electron chi connectivity index (χ3n) is 3.85. The van der Waals surface area contributed by atoms with Crippen LogP contribution >= 0.6 is 0 Å². The molecule has 0 saturated heterocycles. The lowest BCUT2D eigenvalue weighted by Gasteiger charge is -2.08. The molecule has 0 fully saturated rings. The maximum atomic E-state index is 13.1. The second-order valence-electron chi connectivity index (χ2n) is 5.67. The van der Waals surface area contributed by atoms with Crippen LogP contribution in [0.15, 0.2) is 36.4 Å². The Morgan fingerprint density at radius 2 is 2.00 bits per heavy atom. The number of hydrogen-bond acceptors (Lipinski definition) is 5. The van der Waals surface area contributed by atoms with Crippen LogP contribution in [-0.4, -0.2) is 30.6 Å². The summed E-state index contributed by atoms with van der Waals surface area (Å²) >= 11 is 0. The van der Waals surface area contributed by atoms with Gasteiger partial charge in [-0.15, -0.1) is 0 Å². The number of ether oxygens (including phenoxy) is 1. The molecular weight excluding hydrogens is 347 g/mol. The minimum Gasteiger partial charge on any atom is -0.460 e. The van der Waals surface area contributed by atoms with Gasteiger partial charge in [0.25, 0.3) is 5.91 Å². The van der Waals surface area contributed by atoms with Crippen molar-refractivity contribution in [3.63, 3.8) is 0 Å². The van der Waals surface area contributed by atoms with Gasteiger partial charge in [0, 0.05) is 5.56 Å². The van der Waals surface area contributed by atoms with Gasteiger partial charge in [0.05, 0.1) is 6.61 Å². The Kier molecular flexibility index (Phi) is 5.29. The molecule has 2 N–H and O–H groups in total. The highest BCUT2D eigenvalue weighted by Crippen LogP contribution is 2.12. The maximum Gasteiger partial charge on any atom is 0.491 e. The average molecular weight is 361 g/mol. The van der Waals surface area contributed by atoms with E-state index >= 15 is 0 Å². The number of carbonyl (C=O) groups is 2. The molecule has 0 aromatic heterocycles. The molecule has 3 rings (SSSR count). The van der Waals surface area contributed by atoms with E-state index in [9.17, 15) is 23.4 Å². The average Bonchev–Trinajstić information content (AvgIpc) is 3.01. The lowest BCUT2D eigenvalue weighted by atomic mass is 9.79. The van der Waals surface area contributed by atoms with Crippen molar-refractivity contribution in [3.05, 3.63) is 64.7 Å². The number of rotatable bonds is 5. The zero-order valence-corrected chi connectivity index (χ0v) is 13.5. The summed E-state index contributed by atoms with van der Waals surface area (Å²) in [5.41, 5.74) is 1.86. The molecule has 0 atom stereocenters. The van der Waals surface area contributed by atoms with Crippen molar-refractivity contribution in [1.82, 2.24) is 5.32 Å². The van der Waals surface area contributed by atoms with Crippen LogP contribution in [0, 0.1) is 11.6 Å². The van der Waals surface area contributed by atoms with E-state index in [0.29, 0.717) is 5.46 Å². The van der Waals surface area contributed by atoms with Crippen LogP contribution in [0.4, 0.5) is 8.78 Å². The van der Waals surface area contributed by atoms with Crippen molar-refractivity contribution in [2.45, 2.75) is 13.2 Å². The summed E-state index contributed by atoms with van der Waals surface area (Å²) in [5, 5.41) is 12.0. The van der Waals surface area contributed by atoms with Gasteiger partial charge in [-0.05, 0) is 40.9 Å². The molecule has 2 aromatic carbocycles.